The first-order chi connectivity index (χ1) is 10.7. The number of alkyl halides is 3. The van der Waals surface area contributed by atoms with Crippen molar-refractivity contribution in [2.45, 2.75) is 33.1 Å². The van der Waals surface area contributed by atoms with Crippen LogP contribution in [0.3, 0.4) is 0 Å². The van der Waals surface area contributed by atoms with Crippen LogP contribution in [0.5, 0.6) is 0 Å². The molecule has 1 aromatic carbocycles. The molecule has 0 spiro atoms. The first-order valence-electron chi connectivity index (χ1n) is 7.50. The molecule has 0 saturated heterocycles. The molecule has 1 aromatic rings. The van der Waals surface area contributed by atoms with Crippen LogP contribution >= 0.6 is 0 Å². The molecule has 1 atom stereocenters. The van der Waals surface area contributed by atoms with E-state index in [0.717, 1.165) is 17.8 Å². The maximum atomic E-state index is 12.0. The second-order valence-electron chi connectivity index (χ2n) is 5.28. The van der Waals surface area contributed by atoms with Crippen molar-refractivity contribution in [1.29, 1.82) is 0 Å². The van der Waals surface area contributed by atoms with Crippen molar-refractivity contribution in [2.24, 2.45) is 0 Å². The third-order valence-electron chi connectivity index (χ3n) is 3.30. The molecule has 0 bridgehead atoms. The van der Waals surface area contributed by atoms with Gasteiger partial charge in [0.15, 0.2) is 0 Å². The lowest BCUT2D eigenvalue weighted by atomic mass is 10.2. The molecule has 7 heteroatoms. The van der Waals surface area contributed by atoms with Crippen LogP contribution in [0, 0.1) is 6.92 Å². The number of aryl methyl sites for hydroxylation is 1. The van der Waals surface area contributed by atoms with E-state index in [-0.39, 0.29) is 0 Å². The Morgan fingerprint density at radius 2 is 2.09 bits per heavy atom. The zero-order chi connectivity index (χ0) is 17.5. The Labute approximate surface area is 134 Å². The molecule has 0 fully saturated rings. The number of rotatable bonds is 8. The van der Waals surface area contributed by atoms with E-state index in [4.69, 9.17) is 0 Å². The molecular formula is C16H23F3N2O2. The number of benzene rings is 1. The molecule has 0 aliphatic heterocycles. The van der Waals surface area contributed by atoms with Crippen molar-refractivity contribution in [2.75, 3.05) is 31.1 Å². The van der Waals surface area contributed by atoms with E-state index < -0.39 is 24.8 Å². The summed E-state index contributed by atoms with van der Waals surface area (Å²) in [6, 6.07) is 7.98. The normalized spacial score (nSPS) is 12.8. The third-order valence-corrected chi connectivity index (χ3v) is 3.30. The Bertz CT molecular complexity index is 506. The van der Waals surface area contributed by atoms with Gasteiger partial charge in [-0.05, 0) is 38.5 Å². The average Bonchev–Trinajstić information content (AvgIpc) is 2.48. The van der Waals surface area contributed by atoms with Crippen molar-refractivity contribution in [3.8, 4) is 0 Å². The van der Waals surface area contributed by atoms with E-state index in [2.05, 4.69) is 15.0 Å². The predicted octanol–water partition coefficient (Wildman–Crippen LogP) is 2.90. The van der Waals surface area contributed by atoms with Crippen LogP contribution in [0.4, 0.5) is 18.9 Å². The Morgan fingerprint density at radius 3 is 2.65 bits per heavy atom. The maximum absolute atomic E-state index is 12.0. The molecule has 1 amide bonds. The van der Waals surface area contributed by atoms with Crippen molar-refractivity contribution in [3.63, 3.8) is 0 Å². The highest BCUT2D eigenvalue weighted by Gasteiger charge is 2.29. The fourth-order valence-electron chi connectivity index (χ4n) is 2.05. The number of nitrogens with one attached hydrogen (secondary N) is 1. The largest absolute Gasteiger partial charge is 0.411 e. The fraction of sp³-hybridized carbons (Fsp3) is 0.562. The monoisotopic (exact) mass is 332 g/mol. The number of halogens is 3. The van der Waals surface area contributed by atoms with Gasteiger partial charge in [-0.15, -0.1) is 0 Å². The minimum atomic E-state index is -4.43. The molecule has 0 radical (unpaired) electrons. The van der Waals surface area contributed by atoms with Crippen LogP contribution in [0.15, 0.2) is 24.3 Å². The molecular weight excluding hydrogens is 309 g/mol. The number of ether oxygens (including phenoxy) is 1. The summed E-state index contributed by atoms with van der Waals surface area (Å²) in [6.45, 7) is 5.54. The van der Waals surface area contributed by atoms with Crippen LogP contribution in [-0.2, 0) is 9.53 Å². The van der Waals surface area contributed by atoms with Gasteiger partial charge in [-0.25, -0.2) is 0 Å². The van der Waals surface area contributed by atoms with Gasteiger partial charge in [-0.2, -0.15) is 13.2 Å². The van der Waals surface area contributed by atoms with E-state index in [1.54, 1.807) is 0 Å². The van der Waals surface area contributed by atoms with Gasteiger partial charge in [-0.3, -0.25) is 4.79 Å². The third kappa shape index (κ3) is 7.36. The number of anilines is 1. The predicted molar refractivity (Wildman–Crippen MR) is 83.5 cm³/mol. The van der Waals surface area contributed by atoms with Gasteiger partial charge in [-0.1, -0.05) is 12.1 Å². The molecule has 0 unspecified atom stereocenters. The summed E-state index contributed by atoms with van der Waals surface area (Å²) in [4.78, 5) is 13.8. The molecule has 4 nitrogen and oxygen atoms in total. The zero-order valence-corrected chi connectivity index (χ0v) is 13.6. The number of likely N-dealkylation sites (N-methyl/N-ethyl adjacent to an activating group) is 1. The maximum Gasteiger partial charge on any atom is 0.411 e. The van der Waals surface area contributed by atoms with E-state index in [9.17, 15) is 18.0 Å². The van der Waals surface area contributed by atoms with Gasteiger partial charge in [0.25, 0.3) is 0 Å². The fourth-order valence-corrected chi connectivity index (χ4v) is 2.05. The van der Waals surface area contributed by atoms with Crippen molar-refractivity contribution in [3.05, 3.63) is 29.8 Å². The Morgan fingerprint density at radius 1 is 1.39 bits per heavy atom. The van der Waals surface area contributed by atoms with Crippen molar-refractivity contribution < 1.29 is 22.7 Å². The second-order valence-corrected chi connectivity index (χ2v) is 5.28. The molecule has 130 valence electrons. The molecule has 0 aliphatic rings. The highest BCUT2D eigenvalue weighted by molar-refractivity contribution is 5.80. The Balaban J connectivity index is 2.40. The van der Waals surface area contributed by atoms with E-state index in [0.29, 0.717) is 13.1 Å². The summed E-state index contributed by atoms with van der Waals surface area (Å²) in [7, 11) is 0. The van der Waals surface area contributed by atoms with E-state index >= 15 is 0 Å². The summed E-state index contributed by atoms with van der Waals surface area (Å²) in [5.41, 5.74) is 2.18. The number of carbonyl (C=O) groups excluding carboxylic acids is 1. The lowest BCUT2D eigenvalue weighted by Crippen LogP contribution is -2.40. The summed E-state index contributed by atoms with van der Waals surface area (Å²) in [5.74, 6) is -0.547. The van der Waals surface area contributed by atoms with Crippen LogP contribution in [0.1, 0.15) is 19.4 Å². The molecule has 0 saturated carbocycles. The number of nitrogens with zero attached hydrogens (tertiary/aromatic N) is 1. The van der Waals surface area contributed by atoms with Crippen LogP contribution in [0.25, 0.3) is 0 Å². The molecule has 1 rings (SSSR count). The first-order valence-corrected chi connectivity index (χ1v) is 7.50. The molecule has 0 aliphatic carbocycles. The lowest BCUT2D eigenvalue weighted by molar-refractivity contribution is -0.185. The molecule has 0 heterocycles. The van der Waals surface area contributed by atoms with Crippen LogP contribution in [0.2, 0.25) is 0 Å². The summed E-state index contributed by atoms with van der Waals surface area (Å²) in [6.07, 6.45) is -5.57. The van der Waals surface area contributed by atoms with Crippen molar-refractivity contribution >= 4 is 11.6 Å². The lowest BCUT2D eigenvalue weighted by Gasteiger charge is -2.24. The quantitative estimate of drug-likeness (QED) is 0.796. The number of amides is 1. The van der Waals surface area contributed by atoms with Gasteiger partial charge < -0.3 is 15.0 Å². The standard InChI is InChI=1S/C16H23F3N2O2/c1-4-21(14-7-5-6-12(2)10-14)9-8-20-15(22)13(3)23-11-16(17,18)19/h5-7,10,13H,4,8-9,11H2,1-3H3,(H,20,22)/t13-/m1/s1. The molecule has 0 aromatic heterocycles. The zero-order valence-electron chi connectivity index (χ0n) is 13.6. The number of hydrogen-bond donors (Lipinski definition) is 1. The van der Waals surface area contributed by atoms with E-state index in [1.807, 2.05) is 38.1 Å². The smallest absolute Gasteiger partial charge is 0.370 e. The highest BCUT2D eigenvalue weighted by Crippen LogP contribution is 2.16. The SMILES string of the molecule is CCN(CCNC(=O)[C@@H](C)OCC(F)(F)F)c1cccc(C)c1. The van der Waals surface area contributed by atoms with Gasteiger partial charge in [0.1, 0.15) is 12.7 Å². The van der Waals surface area contributed by atoms with E-state index in [1.165, 1.54) is 6.92 Å². The average molecular weight is 332 g/mol. The summed E-state index contributed by atoms with van der Waals surface area (Å²) in [5, 5.41) is 2.59. The second kappa shape index (κ2) is 8.76. The molecule has 1 N–H and O–H groups in total. The van der Waals surface area contributed by atoms with Gasteiger partial charge in [0.05, 0.1) is 0 Å². The highest BCUT2D eigenvalue weighted by atomic mass is 19.4. The molecule has 23 heavy (non-hydrogen) atoms. The topological polar surface area (TPSA) is 41.6 Å². The summed E-state index contributed by atoms with van der Waals surface area (Å²) < 4.78 is 40.6. The minimum absolute atomic E-state index is 0.334. The van der Waals surface area contributed by atoms with Gasteiger partial charge in [0, 0.05) is 25.3 Å². The number of hydrogen-bond acceptors (Lipinski definition) is 3. The first kappa shape index (κ1) is 19.3. The summed E-state index contributed by atoms with van der Waals surface area (Å²) >= 11 is 0. The van der Waals surface area contributed by atoms with Crippen LogP contribution in [-0.4, -0.2) is 44.4 Å². The minimum Gasteiger partial charge on any atom is -0.370 e. The van der Waals surface area contributed by atoms with Gasteiger partial charge >= 0.3 is 6.18 Å². The number of carbonyl (C=O) groups is 1. The van der Waals surface area contributed by atoms with Crippen LogP contribution < -0.4 is 10.2 Å². The Hall–Kier alpha value is -1.76. The van der Waals surface area contributed by atoms with Crippen molar-refractivity contribution in [1.82, 2.24) is 5.32 Å². The Kier molecular flexibility index (Phi) is 7.35. The van der Waals surface area contributed by atoms with Gasteiger partial charge in [0.2, 0.25) is 5.91 Å².